The first-order valence-electron chi connectivity index (χ1n) is 13.4. The van der Waals surface area contributed by atoms with Gasteiger partial charge in [0.1, 0.15) is 24.3 Å². The van der Waals surface area contributed by atoms with Gasteiger partial charge in [-0.3, -0.25) is 4.79 Å². The number of unbranched alkanes of at least 4 members (excludes halogenated alkanes) is 1. The molecule has 3 rings (SSSR count). The molecule has 1 aromatic carbocycles. The van der Waals surface area contributed by atoms with E-state index in [2.05, 4.69) is 23.8 Å². The molecular formula is C30H43N5O4. The summed E-state index contributed by atoms with van der Waals surface area (Å²) in [5, 5.41) is 7.57. The molecule has 0 saturated heterocycles. The van der Waals surface area contributed by atoms with Gasteiger partial charge in [0.05, 0.1) is 18.5 Å². The molecule has 0 unspecified atom stereocenters. The summed E-state index contributed by atoms with van der Waals surface area (Å²) in [5.74, 6) is 0.537. The van der Waals surface area contributed by atoms with Crippen molar-refractivity contribution in [2.45, 2.75) is 60.4 Å². The third kappa shape index (κ3) is 8.77. The number of hydrogen-bond donors (Lipinski definition) is 0. The van der Waals surface area contributed by atoms with Crippen molar-refractivity contribution in [2.75, 3.05) is 27.2 Å². The van der Waals surface area contributed by atoms with Crippen LogP contribution in [0, 0.1) is 4.91 Å². The summed E-state index contributed by atoms with van der Waals surface area (Å²) in [6.07, 6.45) is 8.91. The number of likely N-dealkylation sites (N-methyl/N-ethyl adjacent to an activating group) is 1. The number of aromatic nitrogens is 2. The first-order chi connectivity index (χ1) is 18.9. The van der Waals surface area contributed by atoms with E-state index in [4.69, 9.17) is 4.74 Å². The number of hydrogen-bond acceptors (Lipinski definition) is 7. The van der Waals surface area contributed by atoms with Crippen molar-refractivity contribution in [1.82, 2.24) is 19.6 Å². The standard InChI is InChI=1S/C24H29N5O3.C4H8O.C2H6/c1-6-18(9-8-17(3)27(4)7-2)28-15-14-21-22(16-25-31)26-29(23(21)24(28)30)19-10-12-20(32-5)13-11-19;1-2-3-4-5;1-2/h6,8-13H,3,7,14-16H2,1-2,4-5H3;4H,2-3H2,1H3;1-2H3/b9-8-,18-6+;;. The lowest BCUT2D eigenvalue weighted by atomic mass is 10.0. The Morgan fingerprint density at radius 1 is 1.21 bits per heavy atom. The van der Waals surface area contributed by atoms with Crippen molar-refractivity contribution >= 4 is 12.2 Å². The summed E-state index contributed by atoms with van der Waals surface area (Å²) in [7, 11) is 3.56. The van der Waals surface area contributed by atoms with Crippen LogP contribution in [-0.4, -0.2) is 59.0 Å². The van der Waals surface area contributed by atoms with Crippen LogP contribution in [0.3, 0.4) is 0 Å². The van der Waals surface area contributed by atoms with Gasteiger partial charge in [0.2, 0.25) is 0 Å². The van der Waals surface area contributed by atoms with Crippen molar-refractivity contribution in [2.24, 2.45) is 5.18 Å². The number of amides is 1. The number of nitroso groups, excluding NO2 is 1. The molecule has 0 aliphatic carbocycles. The quantitative estimate of drug-likeness (QED) is 0.196. The molecule has 2 heterocycles. The molecule has 1 aliphatic heterocycles. The maximum atomic E-state index is 13.6. The van der Waals surface area contributed by atoms with Gasteiger partial charge in [0.15, 0.2) is 0 Å². The third-order valence-corrected chi connectivity index (χ3v) is 6.06. The molecule has 0 radical (unpaired) electrons. The van der Waals surface area contributed by atoms with Crippen molar-refractivity contribution in [3.63, 3.8) is 0 Å². The predicted molar refractivity (Wildman–Crippen MR) is 157 cm³/mol. The molecule has 39 heavy (non-hydrogen) atoms. The van der Waals surface area contributed by atoms with Crippen LogP contribution in [0.2, 0.25) is 0 Å². The maximum Gasteiger partial charge on any atom is 0.277 e. The number of carbonyl (C=O) groups is 2. The Kier molecular flexibility index (Phi) is 14.8. The molecule has 1 aliphatic rings. The van der Waals surface area contributed by atoms with E-state index >= 15 is 0 Å². The highest BCUT2D eigenvalue weighted by Gasteiger charge is 2.33. The number of benzene rings is 1. The minimum atomic E-state index is -0.168. The SMILES string of the molecule is C=C(/C=C\C(=C/C)N1CCc2c(CN=O)nn(-c3ccc(OC)cc3)c2C1=O)N(C)CC.CC.CCCC=O. The largest absolute Gasteiger partial charge is 0.497 e. The van der Waals surface area contributed by atoms with Gasteiger partial charge in [-0.1, -0.05) is 38.6 Å². The Morgan fingerprint density at radius 3 is 2.36 bits per heavy atom. The Bertz CT molecular complexity index is 1150. The van der Waals surface area contributed by atoms with Crippen LogP contribution in [-0.2, 0) is 17.8 Å². The van der Waals surface area contributed by atoms with E-state index in [1.807, 2.05) is 82.1 Å². The summed E-state index contributed by atoms with van der Waals surface area (Å²) in [6, 6.07) is 7.28. The zero-order valence-corrected chi connectivity index (χ0v) is 24.4. The topological polar surface area (TPSA) is 97.1 Å². The second-order valence-corrected chi connectivity index (χ2v) is 8.39. The predicted octanol–water partition coefficient (Wildman–Crippen LogP) is 6.08. The van der Waals surface area contributed by atoms with E-state index in [-0.39, 0.29) is 12.5 Å². The molecule has 0 N–H and O–H groups in total. The average molecular weight is 538 g/mol. The van der Waals surface area contributed by atoms with Gasteiger partial charge < -0.3 is 19.3 Å². The minimum Gasteiger partial charge on any atom is -0.497 e. The van der Waals surface area contributed by atoms with Crippen LogP contribution < -0.4 is 4.74 Å². The molecule has 9 nitrogen and oxygen atoms in total. The van der Waals surface area contributed by atoms with Crippen molar-refractivity contribution in [3.8, 4) is 11.4 Å². The molecule has 0 bridgehead atoms. The normalized spacial score (nSPS) is 12.5. The van der Waals surface area contributed by atoms with E-state index < -0.39 is 0 Å². The van der Waals surface area contributed by atoms with E-state index in [1.165, 1.54) is 0 Å². The second kappa shape index (κ2) is 17.5. The number of carbonyl (C=O) groups excluding carboxylic acids is 2. The second-order valence-electron chi connectivity index (χ2n) is 8.39. The molecule has 0 saturated carbocycles. The molecule has 0 fully saturated rings. The Morgan fingerprint density at radius 2 is 1.87 bits per heavy atom. The minimum absolute atomic E-state index is 0.0711. The third-order valence-electron chi connectivity index (χ3n) is 6.06. The molecular weight excluding hydrogens is 494 g/mol. The number of aldehydes is 1. The molecule has 0 spiro atoms. The van der Waals surface area contributed by atoms with Gasteiger partial charge in [0.25, 0.3) is 5.91 Å². The van der Waals surface area contributed by atoms with Gasteiger partial charge >= 0.3 is 0 Å². The Balaban J connectivity index is 0.000000975. The lowest BCUT2D eigenvalue weighted by Gasteiger charge is -2.29. The van der Waals surface area contributed by atoms with E-state index in [1.54, 1.807) is 16.7 Å². The number of rotatable bonds is 11. The highest BCUT2D eigenvalue weighted by atomic mass is 16.5. The van der Waals surface area contributed by atoms with Gasteiger partial charge in [-0.2, -0.15) is 10.0 Å². The van der Waals surface area contributed by atoms with Crippen LogP contribution in [0.25, 0.3) is 5.69 Å². The van der Waals surface area contributed by atoms with E-state index in [0.717, 1.165) is 36.2 Å². The van der Waals surface area contributed by atoms with Crippen LogP contribution >= 0.6 is 0 Å². The summed E-state index contributed by atoms with van der Waals surface area (Å²) in [4.78, 5) is 37.8. The maximum absolute atomic E-state index is 13.6. The van der Waals surface area contributed by atoms with Crippen molar-refractivity contribution in [1.29, 1.82) is 0 Å². The van der Waals surface area contributed by atoms with Crippen LogP contribution in [0.4, 0.5) is 0 Å². The van der Waals surface area contributed by atoms with E-state index in [0.29, 0.717) is 42.2 Å². The Labute approximate surface area is 232 Å². The number of allylic oxidation sites excluding steroid dienone is 3. The molecule has 1 amide bonds. The smallest absolute Gasteiger partial charge is 0.277 e. The summed E-state index contributed by atoms with van der Waals surface area (Å²) < 4.78 is 6.83. The van der Waals surface area contributed by atoms with E-state index in [9.17, 15) is 14.5 Å². The van der Waals surface area contributed by atoms with Gasteiger partial charge in [-0.25, -0.2) is 4.68 Å². The van der Waals surface area contributed by atoms with Crippen LogP contribution in [0.1, 0.15) is 69.2 Å². The number of methoxy groups -OCH3 is 1. The highest BCUT2D eigenvalue weighted by Crippen LogP contribution is 2.29. The first kappa shape index (κ1) is 33.0. The fourth-order valence-electron chi connectivity index (χ4n) is 3.75. The van der Waals surface area contributed by atoms with Crippen molar-refractivity contribution < 1.29 is 14.3 Å². The molecule has 0 atom stereocenters. The number of fused-ring (bicyclic) bond motifs is 1. The summed E-state index contributed by atoms with van der Waals surface area (Å²) >= 11 is 0. The van der Waals surface area contributed by atoms with Gasteiger partial charge in [0, 0.05) is 43.5 Å². The Hall–Kier alpha value is -4.01. The number of ether oxygens (including phenoxy) is 1. The fourth-order valence-corrected chi connectivity index (χ4v) is 3.75. The summed E-state index contributed by atoms with van der Waals surface area (Å²) in [5.41, 5.74) is 4.12. The zero-order valence-electron chi connectivity index (χ0n) is 24.4. The molecule has 212 valence electrons. The highest BCUT2D eigenvalue weighted by molar-refractivity contribution is 5.97. The average Bonchev–Trinajstić information content (AvgIpc) is 3.34. The molecule has 2 aromatic rings. The van der Waals surface area contributed by atoms with Crippen molar-refractivity contribution in [3.05, 3.63) is 82.3 Å². The summed E-state index contributed by atoms with van der Waals surface area (Å²) in [6.45, 7) is 15.3. The zero-order chi connectivity index (χ0) is 29.4. The van der Waals surface area contributed by atoms with Gasteiger partial charge in [-0.05, 0) is 63.1 Å². The fraction of sp³-hybridized carbons (Fsp3) is 0.433. The van der Waals surface area contributed by atoms with Gasteiger partial charge in [-0.15, -0.1) is 0 Å². The molecule has 1 aromatic heterocycles. The van der Waals surface area contributed by atoms with Crippen LogP contribution in [0.5, 0.6) is 5.75 Å². The lowest BCUT2D eigenvalue weighted by molar-refractivity contribution is -0.107. The monoisotopic (exact) mass is 537 g/mol. The molecule has 9 heteroatoms. The first-order valence-corrected chi connectivity index (χ1v) is 13.4. The lowest BCUT2D eigenvalue weighted by Crippen LogP contribution is -2.37. The van der Waals surface area contributed by atoms with Crippen LogP contribution in [0.15, 0.2) is 65.6 Å². The number of nitrogens with zero attached hydrogens (tertiary/aromatic N) is 5.